The standard InChI is InChI=1S/C11H19BrN2O/c12-6-8-5-11(15)14(7-8)10-4-2-1-3-9(10)13/h8-10H,1-7,13H2/t8?,9-,10-/m0/s1. The Kier molecular flexibility index (Phi) is 3.67. The van der Waals surface area contributed by atoms with Crippen molar-refractivity contribution in [3.05, 3.63) is 0 Å². The lowest BCUT2D eigenvalue weighted by molar-refractivity contribution is -0.130. The number of nitrogens with zero attached hydrogens (tertiary/aromatic N) is 1. The Hall–Kier alpha value is -0.0900. The van der Waals surface area contributed by atoms with Gasteiger partial charge in [0, 0.05) is 30.4 Å². The molecule has 1 aliphatic carbocycles. The summed E-state index contributed by atoms with van der Waals surface area (Å²) in [6.45, 7) is 0.905. The molecule has 86 valence electrons. The molecule has 0 spiro atoms. The van der Waals surface area contributed by atoms with Crippen molar-refractivity contribution in [2.45, 2.75) is 44.2 Å². The third-order valence-corrected chi connectivity index (χ3v) is 4.55. The van der Waals surface area contributed by atoms with Crippen molar-refractivity contribution in [2.75, 3.05) is 11.9 Å². The summed E-state index contributed by atoms with van der Waals surface area (Å²) in [7, 11) is 0. The van der Waals surface area contributed by atoms with Gasteiger partial charge in [0.05, 0.1) is 0 Å². The maximum Gasteiger partial charge on any atom is 0.223 e. The third-order valence-electron chi connectivity index (χ3n) is 3.64. The maximum absolute atomic E-state index is 11.8. The summed E-state index contributed by atoms with van der Waals surface area (Å²) in [6.07, 6.45) is 5.33. The molecule has 2 fully saturated rings. The van der Waals surface area contributed by atoms with E-state index in [0.717, 1.165) is 24.7 Å². The number of alkyl halides is 1. The molecule has 0 aromatic heterocycles. The van der Waals surface area contributed by atoms with Crippen LogP contribution < -0.4 is 5.73 Å². The highest BCUT2D eigenvalue weighted by Crippen LogP contribution is 2.28. The summed E-state index contributed by atoms with van der Waals surface area (Å²) < 4.78 is 0. The van der Waals surface area contributed by atoms with E-state index in [-0.39, 0.29) is 6.04 Å². The van der Waals surface area contributed by atoms with E-state index in [1.165, 1.54) is 12.8 Å². The van der Waals surface area contributed by atoms with Crippen LogP contribution in [0.5, 0.6) is 0 Å². The molecule has 15 heavy (non-hydrogen) atoms. The van der Waals surface area contributed by atoms with Crippen molar-refractivity contribution in [3.63, 3.8) is 0 Å². The number of nitrogens with two attached hydrogens (primary N) is 1. The predicted octanol–water partition coefficient (Wildman–Crippen LogP) is 1.50. The molecule has 4 heteroatoms. The van der Waals surface area contributed by atoms with Gasteiger partial charge in [-0.3, -0.25) is 4.79 Å². The minimum atomic E-state index is 0.205. The van der Waals surface area contributed by atoms with Crippen LogP contribution in [0.1, 0.15) is 32.1 Å². The first-order valence-electron chi connectivity index (χ1n) is 5.83. The van der Waals surface area contributed by atoms with Gasteiger partial charge in [0.1, 0.15) is 0 Å². The molecular formula is C11H19BrN2O. The number of carbonyl (C=O) groups is 1. The molecule has 1 amide bonds. The summed E-state index contributed by atoms with van der Waals surface area (Å²) in [5.41, 5.74) is 6.10. The van der Waals surface area contributed by atoms with E-state index >= 15 is 0 Å². The van der Waals surface area contributed by atoms with Crippen molar-refractivity contribution in [1.29, 1.82) is 0 Å². The SMILES string of the molecule is N[C@H]1CCCC[C@@H]1N1CC(CBr)CC1=O. The molecule has 1 saturated carbocycles. The zero-order chi connectivity index (χ0) is 10.8. The Morgan fingerprint density at radius 2 is 2.13 bits per heavy atom. The molecule has 2 rings (SSSR count). The van der Waals surface area contributed by atoms with Gasteiger partial charge in [0.25, 0.3) is 0 Å². The van der Waals surface area contributed by atoms with E-state index in [2.05, 4.69) is 15.9 Å². The Labute approximate surface area is 99.5 Å². The third kappa shape index (κ3) is 2.36. The number of amides is 1. The smallest absolute Gasteiger partial charge is 0.223 e. The average molecular weight is 275 g/mol. The van der Waals surface area contributed by atoms with Crippen LogP contribution in [0.25, 0.3) is 0 Å². The number of carbonyl (C=O) groups excluding carboxylic acids is 1. The number of hydrogen-bond acceptors (Lipinski definition) is 2. The van der Waals surface area contributed by atoms with E-state index in [1.807, 2.05) is 4.90 Å². The highest BCUT2D eigenvalue weighted by molar-refractivity contribution is 9.09. The van der Waals surface area contributed by atoms with Crippen molar-refractivity contribution in [1.82, 2.24) is 4.90 Å². The van der Waals surface area contributed by atoms with E-state index in [4.69, 9.17) is 5.73 Å². The summed E-state index contributed by atoms with van der Waals surface area (Å²) in [5, 5.41) is 0.928. The molecular weight excluding hydrogens is 256 g/mol. The average Bonchev–Trinajstić information content (AvgIpc) is 2.60. The highest BCUT2D eigenvalue weighted by Gasteiger charge is 2.37. The normalized spacial score (nSPS) is 37.3. The number of hydrogen-bond donors (Lipinski definition) is 1. The van der Waals surface area contributed by atoms with Crippen molar-refractivity contribution >= 4 is 21.8 Å². The van der Waals surface area contributed by atoms with Crippen LogP contribution in [0.15, 0.2) is 0 Å². The predicted molar refractivity (Wildman–Crippen MR) is 63.8 cm³/mol. The van der Waals surface area contributed by atoms with E-state index < -0.39 is 0 Å². The van der Waals surface area contributed by atoms with Gasteiger partial charge in [-0.2, -0.15) is 0 Å². The fraction of sp³-hybridized carbons (Fsp3) is 0.909. The van der Waals surface area contributed by atoms with Gasteiger partial charge < -0.3 is 10.6 Å². The van der Waals surface area contributed by atoms with E-state index in [1.54, 1.807) is 0 Å². The molecule has 0 aromatic carbocycles. The van der Waals surface area contributed by atoms with Crippen molar-refractivity contribution < 1.29 is 4.79 Å². The van der Waals surface area contributed by atoms with Gasteiger partial charge in [-0.25, -0.2) is 0 Å². The summed E-state index contributed by atoms with van der Waals surface area (Å²) in [6, 6.07) is 0.520. The summed E-state index contributed by atoms with van der Waals surface area (Å²) in [5.74, 6) is 0.799. The van der Waals surface area contributed by atoms with Crippen LogP contribution in [0.3, 0.4) is 0 Å². The van der Waals surface area contributed by atoms with Gasteiger partial charge in [0.2, 0.25) is 5.91 Å². The van der Waals surface area contributed by atoms with Gasteiger partial charge in [-0.1, -0.05) is 28.8 Å². The van der Waals surface area contributed by atoms with Crippen molar-refractivity contribution in [3.8, 4) is 0 Å². The van der Waals surface area contributed by atoms with E-state index in [9.17, 15) is 4.79 Å². The number of rotatable bonds is 2. The Morgan fingerprint density at radius 3 is 2.73 bits per heavy atom. The van der Waals surface area contributed by atoms with Crippen molar-refractivity contribution in [2.24, 2.45) is 11.7 Å². The maximum atomic E-state index is 11.8. The van der Waals surface area contributed by atoms with Crippen LogP contribution in [0.2, 0.25) is 0 Å². The number of likely N-dealkylation sites (tertiary alicyclic amines) is 1. The first-order chi connectivity index (χ1) is 7.22. The quantitative estimate of drug-likeness (QED) is 0.776. The summed E-state index contributed by atoms with van der Waals surface area (Å²) >= 11 is 3.46. The van der Waals surface area contributed by atoms with Crippen LogP contribution in [0.4, 0.5) is 0 Å². The monoisotopic (exact) mass is 274 g/mol. The van der Waals surface area contributed by atoms with Gasteiger partial charge in [0.15, 0.2) is 0 Å². The second-order valence-electron chi connectivity index (χ2n) is 4.79. The topological polar surface area (TPSA) is 46.3 Å². The largest absolute Gasteiger partial charge is 0.338 e. The van der Waals surface area contributed by atoms with Crippen LogP contribution >= 0.6 is 15.9 Å². The van der Waals surface area contributed by atoms with Crippen LogP contribution in [-0.4, -0.2) is 34.8 Å². The van der Waals surface area contributed by atoms with Crippen LogP contribution in [0, 0.1) is 5.92 Å². The molecule has 2 N–H and O–H groups in total. The van der Waals surface area contributed by atoms with E-state index in [0.29, 0.717) is 24.3 Å². The first kappa shape index (κ1) is 11.4. The molecule has 2 aliphatic rings. The lowest BCUT2D eigenvalue weighted by atomic mass is 9.90. The Balaban J connectivity index is 2.00. The molecule has 1 unspecified atom stereocenters. The Morgan fingerprint density at radius 1 is 1.40 bits per heavy atom. The van der Waals surface area contributed by atoms with Crippen LogP contribution in [-0.2, 0) is 4.79 Å². The molecule has 1 heterocycles. The zero-order valence-electron chi connectivity index (χ0n) is 8.99. The fourth-order valence-corrected chi connectivity index (χ4v) is 3.19. The minimum Gasteiger partial charge on any atom is -0.338 e. The Bertz CT molecular complexity index is 247. The van der Waals surface area contributed by atoms with Gasteiger partial charge >= 0.3 is 0 Å². The highest BCUT2D eigenvalue weighted by atomic mass is 79.9. The minimum absolute atomic E-state index is 0.205. The molecule has 0 bridgehead atoms. The second kappa shape index (κ2) is 4.83. The molecule has 0 aromatic rings. The second-order valence-corrected chi connectivity index (χ2v) is 5.43. The van der Waals surface area contributed by atoms with Gasteiger partial charge in [-0.05, 0) is 18.8 Å². The molecule has 1 aliphatic heterocycles. The van der Waals surface area contributed by atoms with Gasteiger partial charge in [-0.15, -0.1) is 0 Å². The lowest BCUT2D eigenvalue weighted by Crippen LogP contribution is -2.50. The summed E-state index contributed by atoms with van der Waals surface area (Å²) in [4.78, 5) is 13.9. The zero-order valence-corrected chi connectivity index (χ0v) is 10.6. The molecule has 3 atom stereocenters. The lowest BCUT2D eigenvalue weighted by Gasteiger charge is -2.36. The molecule has 1 saturated heterocycles. The number of halogens is 1. The molecule has 3 nitrogen and oxygen atoms in total. The fourth-order valence-electron chi connectivity index (χ4n) is 2.76. The first-order valence-corrected chi connectivity index (χ1v) is 6.95. The molecule has 0 radical (unpaired) electrons.